The van der Waals surface area contributed by atoms with E-state index in [1.807, 2.05) is 6.92 Å². The highest BCUT2D eigenvalue weighted by atomic mass is 19.1. The zero-order valence-electron chi connectivity index (χ0n) is 10.3. The Balaban J connectivity index is 1.79. The minimum Gasteiger partial charge on any atom is -0.376 e. The van der Waals surface area contributed by atoms with E-state index < -0.39 is 0 Å². The number of ether oxygens (including phenoxy) is 1. The van der Waals surface area contributed by atoms with Crippen LogP contribution in [-0.4, -0.2) is 19.7 Å². The van der Waals surface area contributed by atoms with Gasteiger partial charge >= 0.3 is 0 Å². The van der Waals surface area contributed by atoms with Crippen LogP contribution in [0.3, 0.4) is 0 Å². The van der Waals surface area contributed by atoms with E-state index in [1.165, 1.54) is 18.9 Å². The largest absolute Gasteiger partial charge is 0.376 e. The first-order valence-corrected chi connectivity index (χ1v) is 6.29. The van der Waals surface area contributed by atoms with Crippen LogP contribution in [0.2, 0.25) is 0 Å². The topological polar surface area (TPSA) is 21.3 Å². The van der Waals surface area contributed by atoms with Gasteiger partial charge in [0.1, 0.15) is 5.82 Å². The number of aryl methyl sites for hydroxylation is 1. The third-order valence-electron chi connectivity index (χ3n) is 3.32. The van der Waals surface area contributed by atoms with Crippen LogP contribution in [0, 0.1) is 18.7 Å². The maximum absolute atomic E-state index is 13.1. The SMILES string of the molecule is Cc1ccc(F)cc1COCC1CCCNC1. The molecule has 0 bridgehead atoms. The zero-order valence-corrected chi connectivity index (χ0v) is 10.3. The highest BCUT2D eigenvalue weighted by molar-refractivity contribution is 5.25. The van der Waals surface area contributed by atoms with Gasteiger partial charge in [0.25, 0.3) is 0 Å². The third-order valence-corrected chi connectivity index (χ3v) is 3.32. The van der Waals surface area contributed by atoms with Crippen LogP contribution in [-0.2, 0) is 11.3 Å². The number of halogens is 1. The van der Waals surface area contributed by atoms with Gasteiger partial charge in [0.2, 0.25) is 0 Å². The predicted octanol–water partition coefficient (Wildman–Crippen LogP) is 2.65. The second-order valence-electron chi connectivity index (χ2n) is 4.80. The first-order valence-electron chi connectivity index (χ1n) is 6.29. The van der Waals surface area contributed by atoms with Gasteiger partial charge in [-0.3, -0.25) is 0 Å². The molecule has 2 nitrogen and oxygen atoms in total. The molecule has 1 aliphatic rings. The van der Waals surface area contributed by atoms with Crippen molar-refractivity contribution in [3.8, 4) is 0 Å². The van der Waals surface area contributed by atoms with Crippen molar-refractivity contribution in [2.24, 2.45) is 5.92 Å². The molecule has 0 saturated carbocycles. The second-order valence-corrected chi connectivity index (χ2v) is 4.80. The number of benzene rings is 1. The molecule has 1 saturated heterocycles. The van der Waals surface area contributed by atoms with Gasteiger partial charge in [0, 0.05) is 6.54 Å². The van der Waals surface area contributed by atoms with Gasteiger partial charge in [0.15, 0.2) is 0 Å². The average molecular weight is 237 g/mol. The lowest BCUT2D eigenvalue weighted by Crippen LogP contribution is -2.32. The van der Waals surface area contributed by atoms with E-state index in [0.717, 1.165) is 30.8 Å². The number of piperidine rings is 1. The predicted molar refractivity (Wildman–Crippen MR) is 66.4 cm³/mol. The normalized spacial score (nSPS) is 20.5. The molecule has 1 fully saturated rings. The Morgan fingerprint density at radius 2 is 2.35 bits per heavy atom. The molecule has 0 radical (unpaired) electrons. The number of nitrogens with one attached hydrogen (secondary N) is 1. The van der Waals surface area contributed by atoms with Gasteiger partial charge in [0.05, 0.1) is 13.2 Å². The summed E-state index contributed by atoms with van der Waals surface area (Å²) >= 11 is 0. The summed E-state index contributed by atoms with van der Waals surface area (Å²) in [5, 5.41) is 3.36. The van der Waals surface area contributed by atoms with Crippen LogP contribution in [0.15, 0.2) is 18.2 Å². The highest BCUT2D eigenvalue weighted by Crippen LogP contribution is 2.14. The second kappa shape index (κ2) is 6.12. The van der Waals surface area contributed by atoms with Crippen molar-refractivity contribution < 1.29 is 9.13 Å². The first-order chi connectivity index (χ1) is 8.25. The molecule has 3 heteroatoms. The van der Waals surface area contributed by atoms with Crippen molar-refractivity contribution in [3.05, 3.63) is 35.1 Å². The monoisotopic (exact) mass is 237 g/mol. The molecule has 1 aromatic carbocycles. The van der Waals surface area contributed by atoms with Crippen LogP contribution >= 0.6 is 0 Å². The fourth-order valence-electron chi connectivity index (χ4n) is 2.20. The molecule has 0 spiro atoms. The third kappa shape index (κ3) is 3.79. The van der Waals surface area contributed by atoms with Crippen molar-refractivity contribution in [1.29, 1.82) is 0 Å². The molecule has 1 N–H and O–H groups in total. The van der Waals surface area contributed by atoms with E-state index >= 15 is 0 Å². The lowest BCUT2D eigenvalue weighted by Gasteiger charge is -2.22. The summed E-state index contributed by atoms with van der Waals surface area (Å²) in [5.41, 5.74) is 2.04. The van der Waals surface area contributed by atoms with E-state index in [-0.39, 0.29) is 5.82 Å². The van der Waals surface area contributed by atoms with Crippen LogP contribution in [0.5, 0.6) is 0 Å². The molecule has 1 unspecified atom stereocenters. The first kappa shape index (κ1) is 12.5. The van der Waals surface area contributed by atoms with Crippen molar-refractivity contribution >= 4 is 0 Å². The molecule has 0 amide bonds. The molecule has 17 heavy (non-hydrogen) atoms. The fraction of sp³-hybridized carbons (Fsp3) is 0.571. The van der Waals surface area contributed by atoms with Crippen molar-refractivity contribution in [2.45, 2.75) is 26.4 Å². The summed E-state index contributed by atoms with van der Waals surface area (Å²) < 4.78 is 18.8. The Labute approximate surface area is 102 Å². The quantitative estimate of drug-likeness (QED) is 0.869. The molecule has 2 rings (SSSR count). The Kier molecular flexibility index (Phi) is 4.51. The molecule has 94 valence electrons. The van der Waals surface area contributed by atoms with Crippen LogP contribution in [0.4, 0.5) is 4.39 Å². The standard InChI is InChI=1S/C14H20FNO/c1-11-4-5-14(15)7-13(11)10-17-9-12-3-2-6-16-8-12/h4-5,7,12,16H,2-3,6,8-10H2,1H3. The van der Waals surface area contributed by atoms with Gasteiger partial charge in [-0.2, -0.15) is 0 Å². The van der Waals surface area contributed by atoms with E-state index in [4.69, 9.17) is 4.74 Å². The summed E-state index contributed by atoms with van der Waals surface area (Å²) in [6.07, 6.45) is 2.46. The molecule has 1 heterocycles. The Morgan fingerprint density at radius 3 is 3.12 bits per heavy atom. The van der Waals surface area contributed by atoms with E-state index in [2.05, 4.69) is 5.32 Å². The van der Waals surface area contributed by atoms with Crippen molar-refractivity contribution in [3.63, 3.8) is 0 Å². The Morgan fingerprint density at radius 1 is 1.47 bits per heavy atom. The van der Waals surface area contributed by atoms with E-state index in [9.17, 15) is 4.39 Å². The summed E-state index contributed by atoms with van der Waals surface area (Å²) in [5.74, 6) is 0.422. The van der Waals surface area contributed by atoms with Crippen LogP contribution < -0.4 is 5.32 Å². The summed E-state index contributed by atoms with van der Waals surface area (Å²) in [6.45, 7) is 5.44. The molecule has 1 atom stereocenters. The van der Waals surface area contributed by atoms with Gasteiger partial charge < -0.3 is 10.1 Å². The smallest absolute Gasteiger partial charge is 0.123 e. The van der Waals surface area contributed by atoms with Gasteiger partial charge in [-0.05, 0) is 55.5 Å². The van der Waals surface area contributed by atoms with Crippen molar-refractivity contribution in [2.75, 3.05) is 19.7 Å². The summed E-state index contributed by atoms with van der Waals surface area (Å²) in [6, 6.07) is 4.86. The minimum atomic E-state index is -0.187. The maximum atomic E-state index is 13.1. The number of hydrogen-bond donors (Lipinski definition) is 1. The zero-order chi connectivity index (χ0) is 12.1. The molecule has 1 aliphatic heterocycles. The molecule has 1 aromatic rings. The summed E-state index contributed by atoms with van der Waals surface area (Å²) in [7, 11) is 0. The van der Waals surface area contributed by atoms with Crippen LogP contribution in [0.1, 0.15) is 24.0 Å². The fourth-order valence-corrected chi connectivity index (χ4v) is 2.20. The highest BCUT2D eigenvalue weighted by Gasteiger charge is 2.12. The maximum Gasteiger partial charge on any atom is 0.123 e. The van der Waals surface area contributed by atoms with Crippen molar-refractivity contribution in [1.82, 2.24) is 5.32 Å². The number of rotatable bonds is 4. The molecular formula is C14H20FNO. The van der Waals surface area contributed by atoms with Gasteiger partial charge in [-0.1, -0.05) is 6.07 Å². The molecule has 0 aliphatic carbocycles. The molecular weight excluding hydrogens is 217 g/mol. The Bertz CT molecular complexity index is 361. The van der Waals surface area contributed by atoms with Crippen LogP contribution in [0.25, 0.3) is 0 Å². The van der Waals surface area contributed by atoms with E-state index in [1.54, 1.807) is 12.1 Å². The Hall–Kier alpha value is -0.930. The number of hydrogen-bond acceptors (Lipinski definition) is 2. The van der Waals surface area contributed by atoms with E-state index in [0.29, 0.717) is 12.5 Å². The van der Waals surface area contributed by atoms with Gasteiger partial charge in [-0.25, -0.2) is 4.39 Å². The lowest BCUT2D eigenvalue weighted by molar-refractivity contribution is 0.0779. The average Bonchev–Trinajstić information content (AvgIpc) is 2.35. The lowest BCUT2D eigenvalue weighted by atomic mass is 10.0. The molecule has 0 aromatic heterocycles. The summed E-state index contributed by atoms with van der Waals surface area (Å²) in [4.78, 5) is 0. The minimum absolute atomic E-state index is 0.187. The van der Waals surface area contributed by atoms with Gasteiger partial charge in [-0.15, -0.1) is 0 Å².